The van der Waals surface area contributed by atoms with Crippen LogP contribution in [0.15, 0.2) is 0 Å². The molecule has 4 nitrogen and oxygen atoms in total. The summed E-state index contributed by atoms with van der Waals surface area (Å²) in [5.41, 5.74) is 0. The molecule has 0 radical (unpaired) electrons. The second-order valence-corrected chi connectivity index (χ2v) is 2.24. The van der Waals surface area contributed by atoms with Crippen molar-refractivity contribution in [3.63, 3.8) is 0 Å². The molecule has 72 valence electrons. The number of carboxylic acids is 2. The smallest absolute Gasteiger partial charge is 0.550 e. The average molecular weight is 262 g/mol. The van der Waals surface area contributed by atoms with E-state index in [1.165, 1.54) is 0 Å². The van der Waals surface area contributed by atoms with Gasteiger partial charge in [0.25, 0.3) is 0 Å². The standard InChI is InChI=1S/2C4H8O2.Sr/c2*1-2-3-4(5)6;/h2*2-3H2,1H3,(H,5,6);/q;;+2/p-2. The largest absolute Gasteiger partial charge is 2.00 e. The number of carbonyl (C=O) groups is 2. The van der Waals surface area contributed by atoms with Crippen LogP contribution >= 0.6 is 0 Å². The molecule has 0 aromatic rings. The van der Waals surface area contributed by atoms with Crippen LogP contribution in [-0.2, 0) is 9.59 Å². The van der Waals surface area contributed by atoms with Gasteiger partial charge in [-0.15, -0.1) is 0 Å². The minimum Gasteiger partial charge on any atom is -0.550 e. The summed E-state index contributed by atoms with van der Waals surface area (Å²) >= 11 is 0. The predicted octanol–water partition coefficient (Wildman–Crippen LogP) is -1.31. The van der Waals surface area contributed by atoms with Crippen molar-refractivity contribution in [2.75, 3.05) is 0 Å². The molecule has 0 unspecified atom stereocenters. The zero-order valence-corrected chi connectivity index (χ0v) is 11.6. The van der Waals surface area contributed by atoms with Gasteiger partial charge in [0.05, 0.1) is 0 Å². The molecule has 0 aromatic heterocycles. The molecule has 0 spiro atoms. The van der Waals surface area contributed by atoms with E-state index in [1.54, 1.807) is 13.8 Å². The van der Waals surface area contributed by atoms with Crippen LogP contribution < -0.4 is 10.2 Å². The Kier molecular flexibility index (Phi) is 21.9. The van der Waals surface area contributed by atoms with Crippen molar-refractivity contribution in [3.8, 4) is 0 Å². The SMILES string of the molecule is CCCC(=O)[O-].CCCC(=O)[O-].[Sr+2]. The van der Waals surface area contributed by atoms with E-state index in [2.05, 4.69) is 0 Å². The summed E-state index contributed by atoms with van der Waals surface area (Å²) in [4.78, 5) is 19.0. The Hall–Kier alpha value is 0.421. The molecule has 0 aliphatic heterocycles. The molecular formula is C8H14O4Sr. The van der Waals surface area contributed by atoms with Crippen molar-refractivity contribution in [1.82, 2.24) is 0 Å². The van der Waals surface area contributed by atoms with E-state index < -0.39 is 11.9 Å². The van der Waals surface area contributed by atoms with Gasteiger partial charge in [0.2, 0.25) is 0 Å². The Balaban J connectivity index is -0.000000143. The number of rotatable bonds is 4. The van der Waals surface area contributed by atoms with Gasteiger partial charge in [-0.05, 0) is 12.8 Å². The van der Waals surface area contributed by atoms with Gasteiger partial charge < -0.3 is 19.8 Å². The van der Waals surface area contributed by atoms with Crippen LogP contribution in [-0.4, -0.2) is 57.4 Å². The van der Waals surface area contributed by atoms with Crippen LogP contribution in [0.1, 0.15) is 39.5 Å². The fourth-order valence-electron chi connectivity index (χ4n) is 0.408. The van der Waals surface area contributed by atoms with Gasteiger partial charge in [-0.1, -0.05) is 26.7 Å². The van der Waals surface area contributed by atoms with Crippen LogP contribution in [0.25, 0.3) is 0 Å². The number of aliphatic carboxylic acids is 2. The van der Waals surface area contributed by atoms with Crippen LogP contribution in [0, 0.1) is 0 Å². The number of carboxylic acid groups (broad SMARTS) is 2. The first kappa shape index (κ1) is 19.1. The summed E-state index contributed by atoms with van der Waals surface area (Å²) in [6, 6.07) is 0. The molecule has 13 heavy (non-hydrogen) atoms. The third kappa shape index (κ3) is 32.7. The second-order valence-electron chi connectivity index (χ2n) is 2.24. The van der Waals surface area contributed by atoms with E-state index >= 15 is 0 Å². The maximum atomic E-state index is 9.49. The topological polar surface area (TPSA) is 80.3 Å². The minimum atomic E-state index is -0.961. The van der Waals surface area contributed by atoms with E-state index in [1.807, 2.05) is 0 Å². The molecule has 5 heteroatoms. The van der Waals surface area contributed by atoms with Crippen LogP contribution in [0.3, 0.4) is 0 Å². The van der Waals surface area contributed by atoms with Crippen molar-refractivity contribution >= 4 is 57.4 Å². The van der Waals surface area contributed by atoms with Crippen molar-refractivity contribution < 1.29 is 19.8 Å². The number of hydrogen-bond donors (Lipinski definition) is 0. The van der Waals surface area contributed by atoms with Gasteiger partial charge in [-0.25, -0.2) is 0 Å². The summed E-state index contributed by atoms with van der Waals surface area (Å²) in [7, 11) is 0. The number of hydrogen-bond acceptors (Lipinski definition) is 4. The van der Waals surface area contributed by atoms with Crippen LogP contribution in [0.4, 0.5) is 0 Å². The molecule has 0 fully saturated rings. The molecule has 0 aliphatic carbocycles. The summed E-state index contributed by atoms with van der Waals surface area (Å²) < 4.78 is 0. The Morgan fingerprint density at radius 2 is 1.15 bits per heavy atom. The molecule has 0 amide bonds. The summed E-state index contributed by atoms with van der Waals surface area (Å²) in [6.45, 7) is 3.60. The summed E-state index contributed by atoms with van der Waals surface area (Å²) in [5, 5.41) is 19.0. The van der Waals surface area contributed by atoms with Crippen molar-refractivity contribution in [2.24, 2.45) is 0 Å². The molecule has 0 bridgehead atoms. The number of carbonyl (C=O) groups excluding carboxylic acids is 2. The average Bonchev–Trinajstić information content (AvgIpc) is 1.87. The second kappa shape index (κ2) is 14.9. The molecule has 0 rings (SSSR count). The third-order valence-electron chi connectivity index (χ3n) is 0.908. The van der Waals surface area contributed by atoms with Crippen molar-refractivity contribution in [2.45, 2.75) is 39.5 Å². The molecule has 0 aliphatic rings. The van der Waals surface area contributed by atoms with E-state index in [-0.39, 0.29) is 58.3 Å². The first-order valence-corrected chi connectivity index (χ1v) is 3.94. The molecule has 0 saturated carbocycles. The normalized spacial score (nSPS) is 7.54. The Morgan fingerprint density at radius 1 is 0.923 bits per heavy atom. The monoisotopic (exact) mass is 262 g/mol. The van der Waals surface area contributed by atoms with E-state index in [9.17, 15) is 19.8 Å². The zero-order valence-electron chi connectivity index (χ0n) is 8.17. The molecule has 0 atom stereocenters. The van der Waals surface area contributed by atoms with Gasteiger partial charge in [-0.2, -0.15) is 0 Å². The fraction of sp³-hybridized carbons (Fsp3) is 0.750. The molecule has 0 N–H and O–H groups in total. The fourth-order valence-corrected chi connectivity index (χ4v) is 0.408. The Morgan fingerprint density at radius 3 is 1.15 bits per heavy atom. The molecule has 0 aromatic carbocycles. The quantitative estimate of drug-likeness (QED) is 0.589. The molecule has 0 heterocycles. The first-order chi connectivity index (χ1) is 5.54. The third-order valence-corrected chi connectivity index (χ3v) is 0.908. The van der Waals surface area contributed by atoms with E-state index in [0.29, 0.717) is 12.8 Å². The molecule has 0 saturated heterocycles. The molecular weight excluding hydrogens is 248 g/mol. The van der Waals surface area contributed by atoms with Crippen LogP contribution in [0.2, 0.25) is 0 Å². The van der Waals surface area contributed by atoms with Gasteiger partial charge in [-0.3, -0.25) is 0 Å². The summed E-state index contributed by atoms with van der Waals surface area (Å²) in [6.07, 6.45) is 1.70. The van der Waals surface area contributed by atoms with Gasteiger partial charge >= 0.3 is 45.5 Å². The maximum absolute atomic E-state index is 9.49. The van der Waals surface area contributed by atoms with Gasteiger partial charge in [0.15, 0.2) is 0 Å². The first-order valence-electron chi connectivity index (χ1n) is 3.94. The predicted molar refractivity (Wildman–Crippen MR) is 45.6 cm³/mol. The maximum Gasteiger partial charge on any atom is 2.00 e. The van der Waals surface area contributed by atoms with Crippen molar-refractivity contribution in [3.05, 3.63) is 0 Å². The van der Waals surface area contributed by atoms with E-state index in [0.717, 1.165) is 0 Å². The minimum absolute atomic E-state index is 0. The van der Waals surface area contributed by atoms with Gasteiger partial charge in [0.1, 0.15) is 0 Å². The Bertz CT molecular complexity index is 120. The van der Waals surface area contributed by atoms with Crippen LogP contribution in [0.5, 0.6) is 0 Å². The zero-order chi connectivity index (χ0) is 9.98. The Labute approximate surface area is 116 Å². The summed E-state index contributed by atoms with van der Waals surface area (Å²) in [5.74, 6) is -1.92. The van der Waals surface area contributed by atoms with E-state index in [4.69, 9.17) is 0 Å². The van der Waals surface area contributed by atoms with Gasteiger partial charge in [0, 0.05) is 11.9 Å². The van der Waals surface area contributed by atoms with Crippen molar-refractivity contribution in [1.29, 1.82) is 0 Å².